The quantitative estimate of drug-likeness (QED) is 0.675. The molecule has 3 rings (SSSR count). The molecule has 0 radical (unpaired) electrons. The maximum Gasteiger partial charge on any atom is 0.0289 e. The molecule has 0 N–H and O–H groups in total. The van der Waals surface area contributed by atoms with Crippen molar-refractivity contribution < 1.29 is 0 Å². The zero-order valence-corrected chi connectivity index (χ0v) is 12.0. The Kier molecular flexibility index (Phi) is 3.09. The van der Waals surface area contributed by atoms with Gasteiger partial charge in [-0.1, -0.05) is 64.0 Å². The fourth-order valence-electron chi connectivity index (χ4n) is 2.49. The zero-order valence-electron chi connectivity index (χ0n) is 10.4. The third-order valence-corrected chi connectivity index (χ3v) is 4.11. The minimum atomic E-state index is 0.916. The van der Waals surface area contributed by atoms with Gasteiger partial charge in [-0.3, -0.25) is 0 Å². The van der Waals surface area contributed by atoms with Gasteiger partial charge in [-0.25, -0.2) is 0 Å². The Bertz CT molecular complexity index is 606. The Morgan fingerprint density at radius 3 is 2.56 bits per heavy atom. The van der Waals surface area contributed by atoms with E-state index in [0.29, 0.717) is 0 Å². The second-order valence-corrected chi connectivity index (χ2v) is 5.38. The van der Waals surface area contributed by atoms with E-state index in [9.17, 15) is 0 Å². The molecule has 2 aromatic rings. The van der Waals surface area contributed by atoms with Gasteiger partial charge < -0.3 is 0 Å². The smallest absolute Gasteiger partial charge is 0.0289 e. The van der Waals surface area contributed by atoms with Crippen molar-refractivity contribution in [2.24, 2.45) is 0 Å². The predicted molar refractivity (Wildman–Crippen MR) is 82.0 cm³/mol. The summed E-state index contributed by atoms with van der Waals surface area (Å²) >= 11 is 3.60. The summed E-state index contributed by atoms with van der Waals surface area (Å²) in [6, 6.07) is 13.4. The van der Waals surface area contributed by atoms with Crippen LogP contribution in [-0.4, -0.2) is 0 Å². The molecule has 0 amide bonds. The summed E-state index contributed by atoms with van der Waals surface area (Å²) in [6.07, 6.45) is 5.55. The highest BCUT2D eigenvalue weighted by molar-refractivity contribution is 9.08. The van der Waals surface area contributed by atoms with Crippen LogP contribution in [0.4, 0.5) is 0 Å². The summed E-state index contributed by atoms with van der Waals surface area (Å²) < 4.78 is 0. The molecule has 1 aliphatic rings. The van der Waals surface area contributed by atoms with Crippen LogP contribution in [0, 0.1) is 6.92 Å². The van der Waals surface area contributed by atoms with E-state index in [0.717, 1.165) is 11.8 Å². The Balaban J connectivity index is 2.11. The lowest BCUT2D eigenvalue weighted by Gasteiger charge is -2.10. The number of fused-ring (bicyclic) bond motifs is 1. The number of alkyl halides is 1. The number of halogens is 1. The fraction of sp³-hybridized carbons (Fsp3) is 0.176. The van der Waals surface area contributed by atoms with Crippen molar-refractivity contribution in [3.63, 3.8) is 0 Å². The summed E-state index contributed by atoms with van der Waals surface area (Å²) in [5.41, 5.74) is 8.17. The second-order valence-electron chi connectivity index (χ2n) is 4.81. The number of rotatable bonds is 2. The van der Waals surface area contributed by atoms with Crippen LogP contribution in [0.3, 0.4) is 0 Å². The highest BCUT2D eigenvalue weighted by Gasteiger charge is 2.12. The third kappa shape index (κ3) is 2.04. The Morgan fingerprint density at radius 1 is 1.06 bits per heavy atom. The molecule has 0 spiro atoms. The van der Waals surface area contributed by atoms with Gasteiger partial charge in [0.15, 0.2) is 0 Å². The number of hydrogen-bond acceptors (Lipinski definition) is 0. The first kappa shape index (κ1) is 11.7. The Hall–Kier alpha value is -1.34. The molecule has 0 nitrogen and oxygen atoms in total. The van der Waals surface area contributed by atoms with Crippen molar-refractivity contribution in [1.29, 1.82) is 0 Å². The van der Waals surface area contributed by atoms with Crippen LogP contribution in [0.5, 0.6) is 0 Å². The average Bonchev–Trinajstić information content (AvgIpc) is 2.86. The SMILES string of the molecule is Cc1ccc(-c2cc(CBr)c3c(c2)CC=C3)cc1. The molecular weight excluding hydrogens is 284 g/mol. The summed E-state index contributed by atoms with van der Waals surface area (Å²) in [4.78, 5) is 0. The molecule has 0 atom stereocenters. The monoisotopic (exact) mass is 298 g/mol. The molecule has 0 aliphatic heterocycles. The zero-order chi connectivity index (χ0) is 12.5. The molecule has 0 bridgehead atoms. The molecule has 18 heavy (non-hydrogen) atoms. The van der Waals surface area contributed by atoms with Gasteiger partial charge in [-0.2, -0.15) is 0 Å². The lowest BCUT2D eigenvalue weighted by molar-refractivity contribution is 1.28. The fourth-order valence-corrected chi connectivity index (χ4v) is 2.95. The van der Waals surface area contributed by atoms with Gasteiger partial charge in [0.2, 0.25) is 0 Å². The highest BCUT2D eigenvalue weighted by atomic mass is 79.9. The normalized spacial score (nSPS) is 12.8. The maximum absolute atomic E-state index is 3.60. The van der Waals surface area contributed by atoms with Gasteiger partial charge >= 0.3 is 0 Å². The molecule has 0 saturated carbocycles. The molecule has 0 fully saturated rings. The van der Waals surface area contributed by atoms with E-state index >= 15 is 0 Å². The van der Waals surface area contributed by atoms with Crippen LogP contribution >= 0.6 is 15.9 Å². The maximum atomic E-state index is 3.60. The minimum Gasteiger partial charge on any atom is -0.0876 e. The molecule has 0 heterocycles. The van der Waals surface area contributed by atoms with Gasteiger partial charge in [0, 0.05) is 5.33 Å². The van der Waals surface area contributed by atoms with E-state index in [1.165, 1.54) is 33.4 Å². The first-order valence-electron chi connectivity index (χ1n) is 6.23. The van der Waals surface area contributed by atoms with Gasteiger partial charge in [0.25, 0.3) is 0 Å². The molecule has 2 aromatic carbocycles. The Labute approximate surface area is 116 Å². The standard InChI is InChI=1S/C17H15Br/c1-12-5-7-13(8-6-12)15-9-14-3-2-4-17(14)16(10-15)11-18/h2,4-10H,3,11H2,1H3. The average molecular weight is 299 g/mol. The van der Waals surface area contributed by atoms with Crippen LogP contribution in [-0.2, 0) is 11.8 Å². The van der Waals surface area contributed by atoms with Gasteiger partial charge in [0.1, 0.15) is 0 Å². The van der Waals surface area contributed by atoms with Crippen molar-refractivity contribution in [1.82, 2.24) is 0 Å². The van der Waals surface area contributed by atoms with E-state index < -0.39 is 0 Å². The number of hydrogen-bond donors (Lipinski definition) is 0. The molecule has 1 heteroatoms. The third-order valence-electron chi connectivity index (χ3n) is 3.50. The summed E-state index contributed by atoms with van der Waals surface area (Å²) in [5.74, 6) is 0. The van der Waals surface area contributed by atoms with Crippen molar-refractivity contribution in [2.75, 3.05) is 0 Å². The molecule has 0 unspecified atom stereocenters. The lowest BCUT2D eigenvalue weighted by Crippen LogP contribution is -1.91. The Morgan fingerprint density at radius 2 is 1.83 bits per heavy atom. The van der Waals surface area contributed by atoms with Gasteiger partial charge in [-0.15, -0.1) is 0 Å². The number of aryl methyl sites for hydroxylation is 1. The van der Waals surface area contributed by atoms with E-state index in [4.69, 9.17) is 0 Å². The lowest BCUT2D eigenvalue weighted by atomic mass is 9.96. The molecule has 1 aliphatic carbocycles. The van der Waals surface area contributed by atoms with Crippen molar-refractivity contribution >= 4 is 22.0 Å². The van der Waals surface area contributed by atoms with Crippen molar-refractivity contribution in [2.45, 2.75) is 18.7 Å². The van der Waals surface area contributed by atoms with E-state index in [2.05, 4.69) is 71.4 Å². The summed E-state index contributed by atoms with van der Waals surface area (Å²) in [5, 5.41) is 0.916. The van der Waals surface area contributed by atoms with Crippen LogP contribution < -0.4 is 0 Å². The van der Waals surface area contributed by atoms with Crippen molar-refractivity contribution in [3.05, 3.63) is 64.7 Å². The van der Waals surface area contributed by atoms with Crippen LogP contribution in [0.2, 0.25) is 0 Å². The van der Waals surface area contributed by atoms with Gasteiger partial charge in [-0.05, 0) is 47.2 Å². The highest BCUT2D eigenvalue weighted by Crippen LogP contribution is 2.31. The van der Waals surface area contributed by atoms with Gasteiger partial charge in [0.05, 0.1) is 0 Å². The number of allylic oxidation sites excluding steroid dienone is 1. The largest absolute Gasteiger partial charge is 0.0876 e. The molecule has 0 aromatic heterocycles. The second kappa shape index (κ2) is 4.74. The minimum absolute atomic E-state index is 0.916. The van der Waals surface area contributed by atoms with Crippen LogP contribution in [0.15, 0.2) is 42.5 Å². The number of benzene rings is 2. The van der Waals surface area contributed by atoms with E-state index in [-0.39, 0.29) is 0 Å². The first-order chi connectivity index (χ1) is 8.78. The van der Waals surface area contributed by atoms with Crippen LogP contribution in [0.25, 0.3) is 17.2 Å². The van der Waals surface area contributed by atoms with E-state index in [1.54, 1.807) is 0 Å². The predicted octanol–water partition coefficient (Wildman–Crippen LogP) is 5.13. The van der Waals surface area contributed by atoms with Crippen LogP contribution in [0.1, 0.15) is 22.3 Å². The summed E-state index contributed by atoms with van der Waals surface area (Å²) in [7, 11) is 0. The van der Waals surface area contributed by atoms with E-state index in [1.807, 2.05) is 0 Å². The van der Waals surface area contributed by atoms with Crippen molar-refractivity contribution in [3.8, 4) is 11.1 Å². The molecular formula is C17H15Br. The first-order valence-corrected chi connectivity index (χ1v) is 7.35. The molecule has 90 valence electrons. The topological polar surface area (TPSA) is 0 Å². The summed E-state index contributed by atoms with van der Waals surface area (Å²) in [6.45, 7) is 2.13. The molecule has 0 saturated heterocycles.